The van der Waals surface area contributed by atoms with Gasteiger partial charge in [-0.05, 0) is 35.7 Å². The van der Waals surface area contributed by atoms with Gasteiger partial charge in [-0.2, -0.15) is 13.2 Å². The average Bonchev–Trinajstić information content (AvgIpc) is 2.98. The number of hydrogen-bond acceptors (Lipinski definition) is 2. The third kappa shape index (κ3) is 3.79. The summed E-state index contributed by atoms with van der Waals surface area (Å²) in [5.41, 5.74) is 7.51. The van der Waals surface area contributed by atoms with Crippen LogP contribution in [0.3, 0.4) is 0 Å². The van der Waals surface area contributed by atoms with E-state index in [0.29, 0.717) is 24.9 Å². The lowest BCUT2D eigenvalue weighted by Crippen LogP contribution is -2.23. The third-order valence-electron chi connectivity index (χ3n) is 4.73. The van der Waals surface area contributed by atoms with Crippen molar-refractivity contribution in [3.05, 3.63) is 71.3 Å². The van der Waals surface area contributed by atoms with Crippen LogP contribution < -0.4 is 5.73 Å². The Kier molecular flexibility index (Phi) is 4.92. The normalized spacial score (nSPS) is 22.0. The van der Waals surface area contributed by atoms with E-state index in [1.54, 1.807) is 12.1 Å². The molecule has 2 aromatic carbocycles. The second kappa shape index (κ2) is 6.95. The van der Waals surface area contributed by atoms with Crippen LogP contribution >= 0.6 is 0 Å². The first-order valence-corrected chi connectivity index (χ1v) is 8.11. The molecule has 2 atom stereocenters. The van der Waals surface area contributed by atoms with E-state index in [0.717, 1.165) is 30.8 Å². The molecule has 1 aliphatic rings. The largest absolute Gasteiger partial charge is 0.416 e. The molecule has 1 saturated heterocycles. The Bertz CT molecular complexity index is 653. The van der Waals surface area contributed by atoms with Crippen molar-refractivity contribution in [1.82, 2.24) is 4.90 Å². The summed E-state index contributed by atoms with van der Waals surface area (Å²) in [7, 11) is 0. The first-order valence-electron chi connectivity index (χ1n) is 8.11. The van der Waals surface area contributed by atoms with Gasteiger partial charge in [0.25, 0.3) is 0 Å². The molecule has 24 heavy (non-hydrogen) atoms. The summed E-state index contributed by atoms with van der Waals surface area (Å²) in [6, 6.07) is 15.7. The Balaban J connectivity index is 1.68. The molecule has 5 heteroatoms. The van der Waals surface area contributed by atoms with Crippen molar-refractivity contribution in [2.45, 2.75) is 18.6 Å². The lowest BCUT2D eigenvalue weighted by atomic mass is 9.89. The van der Waals surface area contributed by atoms with E-state index in [4.69, 9.17) is 5.73 Å². The van der Waals surface area contributed by atoms with Gasteiger partial charge in [0.05, 0.1) is 5.56 Å². The summed E-state index contributed by atoms with van der Waals surface area (Å²) in [5, 5.41) is 0. The Labute approximate surface area is 140 Å². The van der Waals surface area contributed by atoms with Crippen LogP contribution in [0.5, 0.6) is 0 Å². The number of likely N-dealkylation sites (tertiary alicyclic amines) is 1. The summed E-state index contributed by atoms with van der Waals surface area (Å²) in [6.45, 7) is 3.02. The molecule has 0 amide bonds. The number of alkyl halides is 3. The summed E-state index contributed by atoms with van der Waals surface area (Å²) in [5.74, 6) is 0.757. The van der Waals surface area contributed by atoms with E-state index in [9.17, 15) is 13.2 Å². The van der Waals surface area contributed by atoms with Gasteiger partial charge in [-0.1, -0.05) is 42.5 Å². The minimum absolute atomic E-state index is 0.377. The highest BCUT2D eigenvalue weighted by atomic mass is 19.4. The molecule has 3 rings (SSSR count). The number of halogens is 3. The number of benzene rings is 2. The predicted octanol–water partition coefficient (Wildman–Crippen LogP) is 3.88. The maximum atomic E-state index is 12.6. The van der Waals surface area contributed by atoms with Crippen LogP contribution in [0.2, 0.25) is 0 Å². The molecular weight excluding hydrogens is 313 g/mol. The zero-order chi connectivity index (χ0) is 17.2. The fraction of sp³-hybridized carbons (Fsp3) is 0.368. The topological polar surface area (TPSA) is 29.3 Å². The van der Waals surface area contributed by atoms with Crippen LogP contribution in [0.4, 0.5) is 13.2 Å². The number of nitrogens with two attached hydrogens (primary N) is 1. The van der Waals surface area contributed by atoms with Crippen molar-refractivity contribution < 1.29 is 13.2 Å². The fourth-order valence-electron chi connectivity index (χ4n) is 3.46. The van der Waals surface area contributed by atoms with Gasteiger partial charge in [-0.15, -0.1) is 0 Å². The zero-order valence-electron chi connectivity index (χ0n) is 13.3. The molecule has 0 saturated carbocycles. The van der Waals surface area contributed by atoms with Crippen molar-refractivity contribution in [1.29, 1.82) is 0 Å². The molecule has 128 valence electrons. The first-order chi connectivity index (χ1) is 11.5. The van der Waals surface area contributed by atoms with Crippen LogP contribution in [-0.4, -0.2) is 24.5 Å². The average molecular weight is 334 g/mol. The molecule has 0 radical (unpaired) electrons. The molecule has 1 fully saturated rings. The second-order valence-corrected chi connectivity index (χ2v) is 6.40. The Morgan fingerprint density at radius 2 is 1.62 bits per heavy atom. The SMILES string of the molecule is NC[C@@H]1CN(Cc2ccc(C(F)(F)F)cc2)C[C@H]1c1ccccc1. The number of rotatable bonds is 4. The van der Waals surface area contributed by atoms with Crippen LogP contribution in [-0.2, 0) is 12.7 Å². The lowest BCUT2D eigenvalue weighted by molar-refractivity contribution is -0.137. The molecule has 2 N–H and O–H groups in total. The van der Waals surface area contributed by atoms with Crippen LogP contribution in [0.1, 0.15) is 22.6 Å². The lowest BCUT2D eigenvalue weighted by Gasteiger charge is -2.17. The van der Waals surface area contributed by atoms with E-state index >= 15 is 0 Å². The molecule has 0 spiro atoms. The number of nitrogens with zero attached hydrogens (tertiary/aromatic N) is 1. The highest BCUT2D eigenvalue weighted by Gasteiger charge is 2.33. The van der Waals surface area contributed by atoms with Crippen LogP contribution in [0, 0.1) is 5.92 Å². The van der Waals surface area contributed by atoms with E-state index < -0.39 is 11.7 Å². The highest BCUT2D eigenvalue weighted by molar-refractivity contribution is 5.26. The van der Waals surface area contributed by atoms with Crippen molar-refractivity contribution in [2.24, 2.45) is 11.7 Å². The van der Waals surface area contributed by atoms with E-state index in [-0.39, 0.29) is 0 Å². The van der Waals surface area contributed by atoms with Gasteiger partial charge in [0.2, 0.25) is 0 Å². The summed E-state index contributed by atoms with van der Waals surface area (Å²) in [6.07, 6.45) is -4.28. The van der Waals surface area contributed by atoms with Gasteiger partial charge in [-0.25, -0.2) is 0 Å². The maximum Gasteiger partial charge on any atom is 0.416 e. The van der Waals surface area contributed by atoms with Gasteiger partial charge in [0.15, 0.2) is 0 Å². The fourth-order valence-corrected chi connectivity index (χ4v) is 3.46. The van der Waals surface area contributed by atoms with Gasteiger partial charge in [-0.3, -0.25) is 4.90 Å². The molecule has 0 bridgehead atoms. The Hall–Kier alpha value is -1.85. The van der Waals surface area contributed by atoms with Crippen molar-refractivity contribution in [2.75, 3.05) is 19.6 Å². The molecular formula is C19H21F3N2. The highest BCUT2D eigenvalue weighted by Crippen LogP contribution is 2.33. The molecule has 2 nitrogen and oxygen atoms in total. The van der Waals surface area contributed by atoms with E-state index in [1.165, 1.54) is 5.56 Å². The quantitative estimate of drug-likeness (QED) is 0.919. The molecule has 1 heterocycles. The zero-order valence-corrected chi connectivity index (χ0v) is 13.3. The summed E-state index contributed by atoms with van der Waals surface area (Å²) >= 11 is 0. The minimum atomic E-state index is -4.28. The molecule has 1 aliphatic heterocycles. The summed E-state index contributed by atoms with van der Waals surface area (Å²) < 4.78 is 37.9. The van der Waals surface area contributed by atoms with Crippen molar-refractivity contribution >= 4 is 0 Å². The van der Waals surface area contributed by atoms with Gasteiger partial charge in [0.1, 0.15) is 0 Å². The summed E-state index contributed by atoms with van der Waals surface area (Å²) in [4.78, 5) is 2.28. The minimum Gasteiger partial charge on any atom is -0.330 e. The van der Waals surface area contributed by atoms with Gasteiger partial charge in [0, 0.05) is 25.6 Å². The molecule has 0 unspecified atom stereocenters. The van der Waals surface area contributed by atoms with Gasteiger partial charge < -0.3 is 5.73 Å². The monoisotopic (exact) mass is 334 g/mol. The van der Waals surface area contributed by atoms with Gasteiger partial charge >= 0.3 is 6.18 Å². The predicted molar refractivity (Wildman–Crippen MR) is 88.4 cm³/mol. The van der Waals surface area contributed by atoms with Crippen LogP contribution in [0.15, 0.2) is 54.6 Å². The molecule has 2 aromatic rings. The van der Waals surface area contributed by atoms with Crippen molar-refractivity contribution in [3.63, 3.8) is 0 Å². The van der Waals surface area contributed by atoms with Crippen LogP contribution in [0.25, 0.3) is 0 Å². The second-order valence-electron chi connectivity index (χ2n) is 6.40. The molecule has 0 aromatic heterocycles. The first kappa shape index (κ1) is 17.0. The third-order valence-corrected chi connectivity index (χ3v) is 4.73. The van der Waals surface area contributed by atoms with E-state index in [2.05, 4.69) is 17.0 Å². The standard InChI is InChI=1S/C19H21F3N2/c20-19(21,22)17-8-6-14(7-9-17)11-24-12-16(10-23)18(13-24)15-4-2-1-3-5-15/h1-9,16,18H,10-13,23H2/t16-,18+/m1/s1. The Morgan fingerprint density at radius 1 is 0.958 bits per heavy atom. The molecule has 0 aliphatic carbocycles. The smallest absolute Gasteiger partial charge is 0.330 e. The number of hydrogen-bond donors (Lipinski definition) is 1. The Morgan fingerprint density at radius 3 is 2.21 bits per heavy atom. The maximum absolute atomic E-state index is 12.6. The van der Waals surface area contributed by atoms with E-state index in [1.807, 2.05) is 18.2 Å². The van der Waals surface area contributed by atoms with Crippen molar-refractivity contribution in [3.8, 4) is 0 Å².